The molecule has 1 amide bonds. The van der Waals surface area contributed by atoms with Gasteiger partial charge in [-0.3, -0.25) is 4.79 Å². The molecule has 3 rings (SSSR count). The van der Waals surface area contributed by atoms with Crippen LogP contribution in [-0.4, -0.2) is 31.2 Å². The van der Waals surface area contributed by atoms with E-state index in [1.54, 1.807) is 12.5 Å². The molecule has 3 aromatic rings. The minimum absolute atomic E-state index is 0.212. The van der Waals surface area contributed by atoms with Gasteiger partial charge in [0.05, 0.1) is 6.61 Å². The van der Waals surface area contributed by atoms with Gasteiger partial charge in [0.2, 0.25) is 0 Å². The summed E-state index contributed by atoms with van der Waals surface area (Å²) < 4.78 is 10.5. The topological polar surface area (TPSA) is 60.5 Å². The number of nitrogens with zero attached hydrogens (tertiary/aromatic N) is 1. The van der Waals surface area contributed by atoms with Gasteiger partial charge in [0, 0.05) is 23.7 Å². The van der Waals surface area contributed by atoms with E-state index in [-0.39, 0.29) is 5.91 Å². The Kier molecular flexibility index (Phi) is 5.99. The molecule has 2 aromatic carbocycles. The zero-order valence-corrected chi connectivity index (χ0v) is 15.5. The Morgan fingerprint density at radius 3 is 2.50 bits per heavy atom. The van der Waals surface area contributed by atoms with Gasteiger partial charge in [0.1, 0.15) is 23.1 Å². The number of nitrogens with one attached hydrogen (secondary N) is 1. The number of benzene rings is 2. The fourth-order valence-corrected chi connectivity index (χ4v) is 3.09. The second-order valence-corrected chi connectivity index (χ2v) is 6.58. The maximum atomic E-state index is 12.3. The maximum Gasteiger partial charge on any atom is 0.275 e. The molecule has 0 saturated heterocycles. The Bertz CT molecular complexity index is 858. The van der Waals surface area contributed by atoms with Crippen molar-refractivity contribution in [3.63, 3.8) is 0 Å². The first-order valence-electron chi connectivity index (χ1n) is 8.21. The molecule has 0 aliphatic heterocycles. The van der Waals surface area contributed by atoms with Crippen LogP contribution in [0.5, 0.6) is 5.75 Å². The lowest BCUT2D eigenvalue weighted by Crippen LogP contribution is -2.12. The van der Waals surface area contributed by atoms with Gasteiger partial charge in [-0.2, -0.15) is 0 Å². The van der Waals surface area contributed by atoms with Crippen LogP contribution in [0.15, 0.2) is 53.9 Å². The van der Waals surface area contributed by atoms with Gasteiger partial charge < -0.3 is 14.8 Å². The van der Waals surface area contributed by atoms with Gasteiger partial charge in [-0.25, -0.2) is 4.98 Å². The number of anilines is 1. The highest BCUT2D eigenvalue weighted by atomic mass is 32.1. The number of carbonyl (C=O) groups excluding carboxylic acids is 1. The Hall–Kier alpha value is -2.70. The third-order valence-corrected chi connectivity index (χ3v) is 4.60. The van der Waals surface area contributed by atoms with E-state index < -0.39 is 0 Å². The first-order valence-corrected chi connectivity index (χ1v) is 9.09. The number of aromatic nitrogens is 1. The summed E-state index contributed by atoms with van der Waals surface area (Å²) in [7, 11) is 1.64. The van der Waals surface area contributed by atoms with Crippen LogP contribution in [0.4, 0.5) is 5.69 Å². The van der Waals surface area contributed by atoms with E-state index in [0.717, 1.165) is 27.6 Å². The summed E-state index contributed by atoms with van der Waals surface area (Å²) >= 11 is 1.44. The van der Waals surface area contributed by atoms with Crippen LogP contribution in [0.2, 0.25) is 0 Å². The molecule has 0 atom stereocenters. The molecule has 1 heterocycles. The van der Waals surface area contributed by atoms with E-state index in [1.807, 2.05) is 55.5 Å². The zero-order valence-electron chi connectivity index (χ0n) is 14.7. The molecule has 6 heteroatoms. The molecule has 0 unspecified atom stereocenters. The second kappa shape index (κ2) is 8.60. The smallest absolute Gasteiger partial charge is 0.275 e. The molecule has 0 aliphatic carbocycles. The molecule has 5 nitrogen and oxygen atoms in total. The van der Waals surface area contributed by atoms with Crippen LogP contribution in [0.3, 0.4) is 0 Å². The number of thiazole rings is 1. The lowest BCUT2D eigenvalue weighted by Gasteiger charge is -2.05. The molecular formula is C20H20N2O3S. The first-order chi connectivity index (χ1) is 12.7. The third kappa shape index (κ3) is 4.68. The number of rotatable bonds is 7. The van der Waals surface area contributed by atoms with Crippen molar-refractivity contribution < 1.29 is 14.3 Å². The van der Waals surface area contributed by atoms with Crippen LogP contribution in [0.25, 0.3) is 10.6 Å². The van der Waals surface area contributed by atoms with Crippen molar-refractivity contribution in [3.05, 3.63) is 65.2 Å². The summed E-state index contributed by atoms with van der Waals surface area (Å²) in [5.74, 6) is 0.565. The van der Waals surface area contributed by atoms with Gasteiger partial charge in [0.25, 0.3) is 5.91 Å². The first kappa shape index (κ1) is 18.1. The molecule has 0 bridgehead atoms. The Labute approximate surface area is 156 Å². The van der Waals surface area contributed by atoms with Crippen molar-refractivity contribution in [2.75, 3.05) is 25.6 Å². The van der Waals surface area contributed by atoms with Crippen LogP contribution in [0.1, 0.15) is 16.1 Å². The predicted molar refractivity (Wildman–Crippen MR) is 104 cm³/mol. The average Bonchev–Trinajstić information content (AvgIpc) is 3.15. The number of hydrogen-bond acceptors (Lipinski definition) is 5. The van der Waals surface area contributed by atoms with Gasteiger partial charge >= 0.3 is 0 Å². The highest BCUT2D eigenvalue weighted by Gasteiger charge is 2.12. The fourth-order valence-electron chi connectivity index (χ4n) is 2.28. The summed E-state index contributed by atoms with van der Waals surface area (Å²) in [4.78, 5) is 16.8. The average molecular weight is 368 g/mol. The number of hydrogen-bond donors (Lipinski definition) is 1. The number of methoxy groups -OCH3 is 1. The summed E-state index contributed by atoms with van der Waals surface area (Å²) in [6.45, 7) is 3.07. The Morgan fingerprint density at radius 2 is 1.81 bits per heavy atom. The number of aryl methyl sites for hydroxylation is 1. The van der Waals surface area contributed by atoms with Gasteiger partial charge in [-0.15, -0.1) is 11.3 Å². The fraction of sp³-hybridized carbons (Fsp3) is 0.200. The molecule has 26 heavy (non-hydrogen) atoms. The molecule has 0 spiro atoms. The van der Waals surface area contributed by atoms with E-state index in [1.165, 1.54) is 11.3 Å². The molecule has 134 valence electrons. The van der Waals surface area contributed by atoms with Crippen molar-refractivity contribution >= 4 is 22.9 Å². The molecule has 0 radical (unpaired) electrons. The highest BCUT2D eigenvalue weighted by Crippen LogP contribution is 2.26. The summed E-state index contributed by atoms with van der Waals surface area (Å²) in [5, 5.41) is 5.42. The summed E-state index contributed by atoms with van der Waals surface area (Å²) in [5.41, 5.74) is 3.26. The second-order valence-electron chi connectivity index (χ2n) is 5.72. The van der Waals surface area contributed by atoms with E-state index >= 15 is 0 Å². The van der Waals surface area contributed by atoms with Crippen molar-refractivity contribution in [1.82, 2.24) is 4.98 Å². The van der Waals surface area contributed by atoms with Crippen molar-refractivity contribution in [3.8, 4) is 16.3 Å². The minimum Gasteiger partial charge on any atom is -0.491 e. The maximum absolute atomic E-state index is 12.3. The minimum atomic E-state index is -0.212. The molecule has 1 aromatic heterocycles. The van der Waals surface area contributed by atoms with E-state index in [0.29, 0.717) is 18.9 Å². The molecule has 0 fully saturated rings. The quantitative estimate of drug-likeness (QED) is 0.628. The standard InChI is InChI=1S/C20H20N2O3S/c1-14-3-7-16(8-4-14)21-19(23)18-13-26-20(22-18)15-5-9-17(10-6-15)25-12-11-24-2/h3-10,13H,11-12H2,1-2H3,(H,21,23). The Morgan fingerprint density at radius 1 is 1.08 bits per heavy atom. The summed E-state index contributed by atoms with van der Waals surface area (Å²) in [6.07, 6.45) is 0. The molecule has 0 aliphatic rings. The van der Waals surface area contributed by atoms with Crippen LogP contribution < -0.4 is 10.1 Å². The number of carbonyl (C=O) groups is 1. The molecule has 1 N–H and O–H groups in total. The van der Waals surface area contributed by atoms with Gasteiger partial charge in [0.15, 0.2) is 0 Å². The van der Waals surface area contributed by atoms with E-state index in [9.17, 15) is 4.79 Å². The molecular weight excluding hydrogens is 348 g/mol. The van der Waals surface area contributed by atoms with E-state index in [4.69, 9.17) is 9.47 Å². The van der Waals surface area contributed by atoms with E-state index in [2.05, 4.69) is 10.3 Å². The normalized spacial score (nSPS) is 10.5. The van der Waals surface area contributed by atoms with Crippen LogP contribution in [-0.2, 0) is 4.74 Å². The highest BCUT2D eigenvalue weighted by molar-refractivity contribution is 7.13. The van der Waals surface area contributed by atoms with Gasteiger partial charge in [-0.05, 0) is 43.3 Å². The SMILES string of the molecule is COCCOc1ccc(-c2nc(C(=O)Nc3ccc(C)cc3)cs2)cc1. The predicted octanol–water partition coefficient (Wildman–Crippen LogP) is 4.40. The third-order valence-electron chi connectivity index (χ3n) is 3.70. The van der Waals surface area contributed by atoms with Crippen molar-refractivity contribution in [2.45, 2.75) is 6.92 Å². The van der Waals surface area contributed by atoms with Gasteiger partial charge in [-0.1, -0.05) is 17.7 Å². The van der Waals surface area contributed by atoms with Crippen LogP contribution >= 0.6 is 11.3 Å². The summed E-state index contributed by atoms with van der Waals surface area (Å²) in [6, 6.07) is 15.3. The number of ether oxygens (including phenoxy) is 2. The molecule has 0 saturated carbocycles. The monoisotopic (exact) mass is 368 g/mol. The number of amides is 1. The largest absolute Gasteiger partial charge is 0.491 e. The lowest BCUT2D eigenvalue weighted by molar-refractivity contribution is 0.102. The van der Waals surface area contributed by atoms with Crippen molar-refractivity contribution in [2.24, 2.45) is 0 Å². The Balaban J connectivity index is 1.65. The zero-order chi connectivity index (χ0) is 18.4. The van der Waals surface area contributed by atoms with Crippen LogP contribution in [0, 0.1) is 6.92 Å². The van der Waals surface area contributed by atoms with Crippen molar-refractivity contribution in [1.29, 1.82) is 0 Å². The lowest BCUT2D eigenvalue weighted by atomic mass is 10.2.